The van der Waals surface area contributed by atoms with E-state index >= 15 is 0 Å². The van der Waals surface area contributed by atoms with E-state index in [9.17, 15) is 0 Å². The summed E-state index contributed by atoms with van der Waals surface area (Å²) in [4.78, 5) is 0. The van der Waals surface area contributed by atoms with Crippen molar-refractivity contribution in [2.24, 2.45) is 0 Å². The third-order valence-corrected chi connectivity index (χ3v) is 16.8. The first kappa shape index (κ1) is 38.3. The molecular weight excluding hydrogens is 812 g/mol. The molecule has 0 amide bonds. The minimum Gasteiger partial charge on any atom is -0.355 e. The maximum Gasteiger partial charge on any atom is 0.197 e. The van der Waals surface area contributed by atoms with Gasteiger partial charge in [-0.3, -0.25) is 0 Å². The van der Waals surface area contributed by atoms with Crippen LogP contribution in [0.3, 0.4) is 0 Å². The first-order valence-electron chi connectivity index (χ1n) is 22.7. The van der Waals surface area contributed by atoms with Crippen molar-refractivity contribution >= 4 is 114 Å². The Kier molecular flexibility index (Phi) is 7.78. The van der Waals surface area contributed by atoms with Gasteiger partial charge >= 0.3 is 0 Å². The lowest BCUT2D eigenvalue weighted by Crippen LogP contribution is -2.37. The smallest absolute Gasteiger partial charge is 0.197 e. The number of fused-ring (bicyclic) bond motifs is 15. The van der Waals surface area contributed by atoms with Crippen molar-refractivity contribution in [3.05, 3.63) is 162 Å². The van der Waals surface area contributed by atoms with E-state index in [0.717, 1.165) is 11.4 Å². The second-order valence-electron chi connectivity index (χ2n) is 20.9. The maximum atomic E-state index is 3.98. The molecule has 4 heterocycles. The Morgan fingerprint density at radius 1 is 0.531 bits per heavy atom. The lowest BCUT2D eigenvalue weighted by molar-refractivity contribution is 0.590. The highest BCUT2D eigenvalue weighted by Gasteiger charge is 2.38. The number of rotatable bonds is 3. The normalized spacial score (nSPS) is 14.2. The van der Waals surface area contributed by atoms with Gasteiger partial charge in [0.15, 0.2) is 7.28 Å². The van der Waals surface area contributed by atoms with Crippen LogP contribution < -0.4 is 16.2 Å². The van der Waals surface area contributed by atoms with E-state index in [2.05, 4.69) is 212 Å². The van der Waals surface area contributed by atoms with Crippen molar-refractivity contribution in [3.8, 4) is 27.9 Å². The van der Waals surface area contributed by atoms with Crippen LogP contribution in [-0.2, 0) is 16.2 Å². The van der Waals surface area contributed by atoms with Gasteiger partial charge in [0.05, 0.1) is 5.52 Å². The fraction of sp³-hybridized carbons (Fsp3) is 0.186. The van der Waals surface area contributed by atoms with E-state index < -0.39 is 0 Å². The van der Waals surface area contributed by atoms with E-state index in [-0.39, 0.29) is 16.2 Å². The number of hydrogen-bond donors (Lipinski definition) is 1. The molecule has 2 aliphatic rings. The predicted molar refractivity (Wildman–Crippen MR) is 282 cm³/mol. The van der Waals surface area contributed by atoms with Crippen LogP contribution in [0, 0.1) is 0 Å². The maximum absolute atomic E-state index is 3.98. The molecule has 1 radical (unpaired) electrons. The van der Waals surface area contributed by atoms with Gasteiger partial charge < -0.3 is 9.88 Å². The molecule has 1 aliphatic carbocycles. The number of anilines is 2. The summed E-state index contributed by atoms with van der Waals surface area (Å²) in [7, 11) is 2.50. The molecule has 3 aromatic heterocycles. The molecule has 8 aromatic carbocycles. The van der Waals surface area contributed by atoms with Gasteiger partial charge in [0.25, 0.3) is 0 Å². The number of hydrogen-bond acceptors (Lipinski definition) is 3. The van der Waals surface area contributed by atoms with E-state index in [1.165, 1.54) is 123 Å². The van der Waals surface area contributed by atoms with Crippen molar-refractivity contribution in [2.45, 2.75) is 71.6 Å². The van der Waals surface area contributed by atoms with Gasteiger partial charge in [0.1, 0.15) is 0 Å². The van der Waals surface area contributed by atoms with Crippen molar-refractivity contribution in [3.63, 3.8) is 0 Å². The van der Waals surface area contributed by atoms with Gasteiger partial charge in [-0.1, -0.05) is 152 Å². The number of nitrogens with zero attached hydrogens (tertiary/aromatic N) is 1. The molecule has 0 atom stereocenters. The summed E-state index contributed by atoms with van der Waals surface area (Å²) in [5.41, 5.74) is 19.3. The van der Waals surface area contributed by atoms with Crippen LogP contribution in [0.15, 0.2) is 140 Å². The van der Waals surface area contributed by atoms with Crippen LogP contribution in [0.4, 0.5) is 11.4 Å². The Morgan fingerprint density at radius 3 is 2.02 bits per heavy atom. The second kappa shape index (κ2) is 13.0. The van der Waals surface area contributed by atoms with Crippen LogP contribution in [0.1, 0.15) is 77.6 Å². The number of thiophene rings is 2. The SMILES string of the molecule is CC(C)(C)c1ccc(Nc2cc3sc4cc(C(C)(C)C)ccc4c3cc2-c2ccc3c4c5c(ccc4n4c3c2[B]c2cc3c(cc2-4)sc2ccccc23)C(C)(C)c2ccccc2-5)cc1. The Balaban J connectivity index is 1.12. The molecule has 0 bridgehead atoms. The third kappa shape index (κ3) is 5.38. The molecule has 0 saturated carbocycles. The molecule has 0 spiro atoms. The Morgan fingerprint density at radius 2 is 1.20 bits per heavy atom. The van der Waals surface area contributed by atoms with Gasteiger partial charge in [-0.05, 0) is 109 Å². The van der Waals surface area contributed by atoms with Crippen molar-refractivity contribution in [1.29, 1.82) is 0 Å². The highest BCUT2D eigenvalue weighted by Crippen LogP contribution is 2.54. The molecule has 1 aliphatic heterocycles. The lowest BCUT2D eigenvalue weighted by atomic mass is 9.59. The Labute approximate surface area is 383 Å². The van der Waals surface area contributed by atoms with Crippen molar-refractivity contribution in [1.82, 2.24) is 4.57 Å². The van der Waals surface area contributed by atoms with Crippen LogP contribution in [0.5, 0.6) is 0 Å². The number of benzene rings is 8. The largest absolute Gasteiger partial charge is 0.355 e. The predicted octanol–water partition coefficient (Wildman–Crippen LogP) is 15.8. The van der Waals surface area contributed by atoms with E-state index in [4.69, 9.17) is 0 Å². The van der Waals surface area contributed by atoms with Gasteiger partial charge in [-0.25, -0.2) is 0 Å². The topological polar surface area (TPSA) is 17.0 Å². The standard InChI is InChI=1S/C59H48BN2S2/c1-57(2,3)32-17-20-34(21-18-32)61-46-30-51-41(36-22-19-33(58(4,5)6)27-50(36)64-51)28-40(46)37-23-24-39-54-47(26-25-44-53(54)38-14-9-11-15-43(38)59(44,7)8)62-48-31-52-42(29-45(48)60-55(37)56(39)62)35-13-10-12-16-49(35)63-52/h9-31,61H,1-8H3. The highest BCUT2D eigenvalue weighted by molar-refractivity contribution is 7.26. The van der Waals surface area contributed by atoms with Gasteiger partial charge in [-0.2, -0.15) is 0 Å². The van der Waals surface area contributed by atoms with Crippen molar-refractivity contribution in [2.75, 3.05) is 5.32 Å². The van der Waals surface area contributed by atoms with Crippen LogP contribution in [0.25, 0.3) is 90.1 Å². The summed E-state index contributed by atoms with van der Waals surface area (Å²) >= 11 is 3.80. The van der Waals surface area contributed by atoms with Gasteiger partial charge in [-0.15, -0.1) is 22.7 Å². The molecule has 2 nitrogen and oxygen atoms in total. The summed E-state index contributed by atoms with van der Waals surface area (Å²) in [5.74, 6) is 0. The quantitative estimate of drug-likeness (QED) is 0.175. The molecular formula is C59H48BN2S2. The molecule has 5 heteroatoms. The van der Waals surface area contributed by atoms with Crippen LogP contribution in [-0.4, -0.2) is 11.8 Å². The summed E-state index contributed by atoms with van der Waals surface area (Å²) < 4.78 is 7.89. The molecule has 0 fully saturated rings. The summed E-state index contributed by atoms with van der Waals surface area (Å²) in [5, 5.41) is 11.9. The van der Waals surface area contributed by atoms with E-state index in [1.807, 2.05) is 22.7 Å². The minimum atomic E-state index is -0.0945. The number of nitrogens with one attached hydrogen (secondary N) is 1. The summed E-state index contributed by atoms with van der Waals surface area (Å²) in [6.45, 7) is 18.6. The summed E-state index contributed by atoms with van der Waals surface area (Å²) in [6, 6.07) is 53.7. The highest BCUT2D eigenvalue weighted by atomic mass is 32.1. The second-order valence-corrected chi connectivity index (χ2v) is 23.0. The van der Waals surface area contributed by atoms with E-state index in [1.54, 1.807) is 0 Å². The fourth-order valence-corrected chi connectivity index (χ4v) is 13.4. The van der Waals surface area contributed by atoms with Crippen LogP contribution in [0.2, 0.25) is 0 Å². The zero-order chi connectivity index (χ0) is 43.6. The average molecular weight is 860 g/mol. The molecule has 11 aromatic rings. The first-order valence-corrected chi connectivity index (χ1v) is 24.3. The summed E-state index contributed by atoms with van der Waals surface area (Å²) in [6.07, 6.45) is 0. The zero-order valence-corrected chi connectivity index (χ0v) is 39.3. The van der Waals surface area contributed by atoms with Gasteiger partial charge in [0, 0.05) is 79.3 Å². The lowest BCUT2D eigenvalue weighted by Gasteiger charge is -2.24. The molecule has 1 N–H and O–H groups in total. The molecule has 64 heavy (non-hydrogen) atoms. The fourth-order valence-electron chi connectivity index (χ4n) is 11.1. The first-order chi connectivity index (χ1) is 30.7. The number of aromatic nitrogens is 1. The molecule has 13 rings (SSSR count). The third-order valence-electron chi connectivity index (χ3n) is 14.5. The Hall–Kier alpha value is -6.14. The zero-order valence-electron chi connectivity index (χ0n) is 37.6. The van der Waals surface area contributed by atoms with Crippen molar-refractivity contribution < 1.29 is 0 Å². The van der Waals surface area contributed by atoms with Crippen LogP contribution >= 0.6 is 22.7 Å². The molecule has 0 saturated heterocycles. The molecule has 309 valence electrons. The van der Waals surface area contributed by atoms with Gasteiger partial charge in [0.2, 0.25) is 0 Å². The average Bonchev–Trinajstić information content (AvgIpc) is 3.99. The monoisotopic (exact) mass is 859 g/mol. The minimum absolute atomic E-state index is 0.0724. The Bertz CT molecular complexity index is 3820. The van der Waals surface area contributed by atoms with E-state index in [0.29, 0.717) is 0 Å². The molecule has 0 unspecified atom stereocenters.